The van der Waals surface area contributed by atoms with Crippen molar-refractivity contribution < 1.29 is 29.4 Å². The van der Waals surface area contributed by atoms with Gasteiger partial charge in [0, 0.05) is 13.1 Å². The van der Waals surface area contributed by atoms with Crippen LogP contribution in [-0.4, -0.2) is 99.6 Å². The number of thioether (sulfide) groups is 1. The highest BCUT2D eigenvalue weighted by Crippen LogP contribution is 2.25. The molecule has 0 aromatic carbocycles. The topological polar surface area (TPSA) is 153 Å². The lowest BCUT2D eigenvalue weighted by atomic mass is 10.1. The van der Waals surface area contributed by atoms with E-state index in [1.165, 1.54) is 21.6 Å². The minimum atomic E-state index is -1.10. The van der Waals surface area contributed by atoms with Crippen molar-refractivity contribution >= 4 is 35.5 Å². The van der Waals surface area contributed by atoms with Crippen LogP contribution in [0.1, 0.15) is 32.1 Å². The Hall–Kier alpha value is -1.85. The number of hydrogen-bond acceptors (Lipinski definition) is 7. The lowest BCUT2D eigenvalue weighted by Gasteiger charge is -2.32. The lowest BCUT2D eigenvalue weighted by Crippen LogP contribution is -2.56. The zero-order chi connectivity index (χ0) is 21.6. The number of aliphatic carboxylic acids is 1. The number of likely N-dealkylation sites (tertiary alicyclic amines) is 2. The van der Waals surface area contributed by atoms with Gasteiger partial charge < -0.3 is 31.1 Å². The van der Waals surface area contributed by atoms with Crippen molar-refractivity contribution in [3.63, 3.8) is 0 Å². The van der Waals surface area contributed by atoms with Crippen LogP contribution in [0.2, 0.25) is 0 Å². The summed E-state index contributed by atoms with van der Waals surface area (Å²) >= 11 is 1.49. The zero-order valence-electron chi connectivity index (χ0n) is 16.6. The zero-order valence-corrected chi connectivity index (χ0v) is 17.4. The van der Waals surface area contributed by atoms with E-state index in [0.717, 1.165) is 0 Å². The first-order valence-corrected chi connectivity index (χ1v) is 11.2. The molecule has 2 aliphatic heterocycles. The fraction of sp³-hybridized carbons (Fsp3) is 0.778. The third kappa shape index (κ3) is 5.61. The molecule has 4 unspecified atom stereocenters. The number of nitrogens with zero attached hydrogens (tertiary/aromatic N) is 2. The van der Waals surface area contributed by atoms with Crippen molar-refractivity contribution in [2.75, 3.05) is 31.7 Å². The monoisotopic (exact) mass is 430 g/mol. The van der Waals surface area contributed by atoms with Crippen LogP contribution >= 0.6 is 11.8 Å². The van der Waals surface area contributed by atoms with Gasteiger partial charge in [-0.15, -0.1) is 0 Å². The fourth-order valence-electron chi connectivity index (χ4n) is 3.83. The molecule has 0 radical (unpaired) electrons. The Balaban J connectivity index is 2.07. The lowest BCUT2D eigenvalue weighted by molar-refractivity contribution is -0.148. The number of hydrogen-bond donors (Lipinski definition) is 4. The normalized spacial score (nSPS) is 23.7. The van der Waals surface area contributed by atoms with Crippen molar-refractivity contribution in [3.8, 4) is 0 Å². The largest absolute Gasteiger partial charge is 0.480 e. The Bertz CT molecular complexity index is 633. The standard InChI is InChI=1S/C18H30N4O6S/c1-29-9-6-12(18(27)28)20-15(24)13-4-2-7-21(13)17(26)14-5-3-8-22(14)16(25)11(19)10-23/h11-14,23H,2-10,19H2,1H3,(H,20,24)(H,27,28). The highest BCUT2D eigenvalue weighted by molar-refractivity contribution is 7.98. The molecule has 11 heteroatoms. The smallest absolute Gasteiger partial charge is 0.326 e. The van der Waals surface area contributed by atoms with E-state index in [-0.39, 0.29) is 5.91 Å². The molecule has 2 aliphatic rings. The van der Waals surface area contributed by atoms with Gasteiger partial charge in [0.25, 0.3) is 0 Å². The molecular formula is C18H30N4O6S. The molecule has 0 aromatic rings. The average Bonchev–Trinajstić information content (AvgIpc) is 3.38. The summed E-state index contributed by atoms with van der Waals surface area (Å²) in [4.78, 5) is 52.4. The molecule has 164 valence electrons. The first-order valence-electron chi connectivity index (χ1n) is 9.81. The number of amides is 3. The minimum Gasteiger partial charge on any atom is -0.480 e. The number of carboxylic acid groups (broad SMARTS) is 1. The van der Waals surface area contributed by atoms with Crippen LogP contribution in [0.25, 0.3) is 0 Å². The van der Waals surface area contributed by atoms with Gasteiger partial charge in [0.05, 0.1) is 6.61 Å². The van der Waals surface area contributed by atoms with Gasteiger partial charge >= 0.3 is 5.97 Å². The third-order valence-electron chi connectivity index (χ3n) is 5.40. The van der Waals surface area contributed by atoms with Crippen LogP contribution in [0.5, 0.6) is 0 Å². The maximum Gasteiger partial charge on any atom is 0.326 e. The van der Waals surface area contributed by atoms with Gasteiger partial charge in [-0.25, -0.2) is 4.79 Å². The van der Waals surface area contributed by atoms with Gasteiger partial charge in [-0.1, -0.05) is 0 Å². The molecule has 2 heterocycles. The molecule has 0 bridgehead atoms. The van der Waals surface area contributed by atoms with E-state index in [1.807, 2.05) is 6.26 Å². The Labute approximate surface area is 174 Å². The second-order valence-electron chi connectivity index (χ2n) is 7.35. The van der Waals surface area contributed by atoms with Gasteiger partial charge in [-0.2, -0.15) is 11.8 Å². The van der Waals surface area contributed by atoms with Crippen molar-refractivity contribution in [2.24, 2.45) is 5.73 Å². The molecule has 2 saturated heterocycles. The Morgan fingerprint density at radius 1 is 1.14 bits per heavy atom. The third-order valence-corrected chi connectivity index (χ3v) is 6.04. The first-order chi connectivity index (χ1) is 13.8. The molecule has 3 amide bonds. The van der Waals surface area contributed by atoms with E-state index < -0.39 is 48.6 Å². The van der Waals surface area contributed by atoms with E-state index in [2.05, 4.69) is 5.32 Å². The SMILES string of the molecule is CSCCC(NC(=O)C1CCCN1C(=O)C1CCCN1C(=O)C(N)CO)C(=O)O. The van der Waals surface area contributed by atoms with E-state index >= 15 is 0 Å². The summed E-state index contributed by atoms with van der Waals surface area (Å²) in [5, 5.41) is 21.0. The summed E-state index contributed by atoms with van der Waals surface area (Å²) in [6.07, 6.45) is 4.34. The van der Waals surface area contributed by atoms with E-state index in [4.69, 9.17) is 10.8 Å². The van der Waals surface area contributed by atoms with Crippen molar-refractivity contribution in [1.82, 2.24) is 15.1 Å². The van der Waals surface area contributed by atoms with E-state index in [0.29, 0.717) is 50.9 Å². The van der Waals surface area contributed by atoms with E-state index in [9.17, 15) is 24.3 Å². The molecular weight excluding hydrogens is 400 g/mol. The molecule has 0 aromatic heterocycles. The number of rotatable bonds is 9. The maximum absolute atomic E-state index is 13.1. The molecule has 2 rings (SSSR count). The fourth-order valence-corrected chi connectivity index (χ4v) is 4.31. The second-order valence-corrected chi connectivity index (χ2v) is 8.33. The summed E-state index contributed by atoms with van der Waals surface area (Å²) in [5.74, 6) is -1.79. The van der Waals surface area contributed by atoms with Gasteiger partial charge in [-0.05, 0) is 44.1 Å². The van der Waals surface area contributed by atoms with Gasteiger partial charge in [-0.3, -0.25) is 14.4 Å². The summed E-state index contributed by atoms with van der Waals surface area (Å²) in [7, 11) is 0. The number of nitrogens with one attached hydrogen (secondary N) is 1. The van der Waals surface area contributed by atoms with Crippen molar-refractivity contribution in [2.45, 2.75) is 56.3 Å². The highest BCUT2D eigenvalue weighted by atomic mass is 32.2. The first kappa shape index (κ1) is 23.4. The summed E-state index contributed by atoms with van der Waals surface area (Å²) < 4.78 is 0. The second kappa shape index (κ2) is 10.8. The Morgan fingerprint density at radius 3 is 2.34 bits per heavy atom. The number of aliphatic hydroxyl groups is 1. The summed E-state index contributed by atoms with van der Waals surface area (Å²) in [5.41, 5.74) is 5.62. The average molecular weight is 431 g/mol. The minimum absolute atomic E-state index is 0.298. The van der Waals surface area contributed by atoms with Crippen LogP contribution in [-0.2, 0) is 19.2 Å². The molecule has 0 spiro atoms. The molecule has 0 aliphatic carbocycles. The van der Waals surface area contributed by atoms with Crippen LogP contribution < -0.4 is 11.1 Å². The number of carbonyl (C=O) groups excluding carboxylic acids is 3. The molecule has 2 fully saturated rings. The number of carbonyl (C=O) groups is 4. The van der Waals surface area contributed by atoms with Crippen LogP contribution in [0.3, 0.4) is 0 Å². The van der Waals surface area contributed by atoms with Gasteiger partial charge in [0.2, 0.25) is 17.7 Å². The number of aliphatic hydroxyl groups excluding tert-OH is 1. The summed E-state index contributed by atoms with van der Waals surface area (Å²) in [6.45, 7) is 0.255. The van der Waals surface area contributed by atoms with Crippen molar-refractivity contribution in [3.05, 3.63) is 0 Å². The molecule has 10 nitrogen and oxygen atoms in total. The van der Waals surface area contributed by atoms with Gasteiger partial charge in [0.1, 0.15) is 24.2 Å². The predicted molar refractivity (Wildman–Crippen MR) is 107 cm³/mol. The molecule has 29 heavy (non-hydrogen) atoms. The Morgan fingerprint density at radius 2 is 1.76 bits per heavy atom. The van der Waals surface area contributed by atoms with Crippen LogP contribution in [0.4, 0.5) is 0 Å². The highest BCUT2D eigenvalue weighted by Gasteiger charge is 2.43. The molecule has 4 atom stereocenters. The van der Waals surface area contributed by atoms with Crippen molar-refractivity contribution in [1.29, 1.82) is 0 Å². The Kier molecular flexibility index (Phi) is 8.72. The predicted octanol–water partition coefficient (Wildman–Crippen LogP) is -1.39. The molecule has 5 N–H and O–H groups in total. The number of carboxylic acids is 1. The maximum atomic E-state index is 13.1. The van der Waals surface area contributed by atoms with E-state index in [1.54, 1.807) is 0 Å². The molecule has 0 saturated carbocycles. The summed E-state index contributed by atoms with van der Waals surface area (Å²) in [6, 6.07) is -3.53. The number of nitrogens with two attached hydrogens (primary N) is 1. The van der Waals surface area contributed by atoms with Crippen LogP contribution in [0.15, 0.2) is 0 Å². The van der Waals surface area contributed by atoms with Gasteiger partial charge in [0.15, 0.2) is 0 Å². The quantitative estimate of drug-likeness (QED) is 0.349. The van der Waals surface area contributed by atoms with Crippen LogP contribution in [0, 0.1) is 0 Å².